The van der Waals surface area contributed by atoms with Crippen molar-refractivity contribution in [2.24, 2.45) is 0 Å². The molecule has 0 fully saturated rings. The first kappa shape index (κ1) is 27.0. The van der Waals surface area contributed by atoms with Gasteiger partial charge in [0.15, 0.2) is 0 Å². The molecule has 212 valence electrons. The Balaban J connectivity index is 1.54. The van der Waals surface area contributed by atoms with Crippen molar-refractivity contribution in [3.63, 3.8) is 0 Å². The van der Waals surface area contributed by atoms with Crippen molar-refractivity contribution in [2.45, 2.75) is 0 Å². The molecule has 0 aliphatic carbocycles. The van der Waals surface area contributed by atoms with Crippen LogP contribution < -0.4 is 0 Å². The molecule has 8 rings (SSSR count). The van der Waals surface area contributed by atoms with E-state index >= 15 is 0 Å². The molecule has 5 nitrogen and oxygen atoms in total. The van der Waals surface area contributed by atoms with Crippen LogP contribution in [0.5, 0.6) is 0 Å². The van der Waals surface area contributed by atoms with Gasteiger partial charge in [0, 0.05) is 0 Å². The Hall–Kier alpha value is -5.55. The number of hydrogen-bond acceptors (Lipinski definition) is 5. The van der Waals surface area contributed by atoms with Crippen LogP contribution in [-0.4, -0.2) is 39.9 Å². The van der Waals surface area contributed by atoms with E-state index in [1.807, 2.05) is 36.7 Å². The molecule has 0 atom stereocenters. The second kappa shape index (κ2) is 11.9. The van der Waals surface area contributed by atoms with Crippen molar-refractivity contribution in [3.8, 4) is 66.0 Å². The molecule has 8 aromatic rings. The third kappa shape index (κ3) is 4.96. The third-order valence-corrected chi connectivity index (χ3v) is 10.4. The summed E-state index contributed by atoms with van der Waals surface area (Å²) in [6.45, 7) is 0. The average molecular weight is 643 g/mol. The number of aromatic nitrogens is 5. The first-order chi connectivity index (χ1) is 22.4. The van der Waals surface area contributed by atoms with Crippen molar-refractivity contribution < 1.29 is 0 Å². The number of benzene rings is 4. The molecule has 45 heavy (non-hydrogen) atoms. The van der Waals surface area contributed by atoms with Gasteiger partial charge in [-0.25, -0.2) is 0 Å². The predicted molar refractivity (Wildman–Crippen MR) is 182 cm³/mol. The molecule has 0 unspecified atom stereocenters. The van der Waals surface area contributed by atoms with Crippen molar-refractivity contribution >= 4 is 24.1 Å². The van der Waals surface area contributed by atoms with Gasteiger partial charge in [0.05, 0.1) is 0 Å². The van der Waals surface area contributed by atoms with Gasteiger partial charge < -0.3 is 0 Å². The van der Waals surface area contributed by atoms with E-state index in [0.29, 0.717) is 5.69 Å². The quantitative estimate of drug-likeness (QED) is 0.170. The van der Waals surface area contributed by atoms with E-state index in [2.05, 4.69) is 125 Å². The summed E-state index contributed by atoms with van der Waals surface area (Å²) in [7, 11) is 0. The second-order valence-corrected chi connectivity index (χ2v) is 12.8. The summed E-state index contributed by atoms with van der Waals surface area (Å²) in [5.41, 5.74) is 10.9. The van der Waals surface area contributed by atoms with Crippen molar-refractivity contribution in [1.29, 1.82) is 0 Å². The summed E-state index contributed by atoms with van der Waals surface area (Å²) in [6.07, 6.45) is 5.57. The molecule has 6 heteroatoms. The van der Waals surface area contributed by atoms with Gasteiger partial charge in [0.25, 0.3) is 0 Å². The molecule has 0 bridgehead atoms. The third-order valence-electron chi connectivity index (χ3n) is 7.93. The van der Waals surface area contributed by atoms with Crippen molar-refractivity contribution in [1.82, 2.24) is 25.4 Å². The number of pyridine rings is 2. The summed E-state index contributed by atoms with van der Waals surface area (Å²) in [5, 5.41) is 14.0. The molecule has 0 amide bonds. The molecule has 0 spiro atoms. The van der Waals surface area contributed by atoms with Gasteiger partial charge >= 0.3 is 268 Å². The minimum atomic E-state index is 0.00187. The topological polar surface area (TPSA) is 64.5 Å². The Bertz CT molecular complexity index is 2250. The fourth-order valence-electron chi connectivity index (χ4n) is 5.95. The van der Waals surface area contributed by atoms with E-state index in [4.69, 9.17) is 9.97 Å². The van der Waals surface area contributed by atoms with Gasteiger partial charge in [-0.05, 0) is 0 Å². The molecular weight excluding hydrogens is 617 g/mol. The SMILES string of the molecule is c1ccc(-c2cccnc2-c2c(-c3ccccc3)cnc(-c3[se]c4ccccc4c3-c3ccccc3)c2-c2ccnnn2)cc1. The first-order valence-corrected chi connectivity index (χ1v) is 16.4. The molecule has 0 radical (unpaired) electrons. The number of hydrogen-bond donors (Lipinski definition) is 0. The fourth-order valence-corrected chi connectivity index (χ4v) is 8.52. The Morgan fingerprint density at radius 2 is 1.13 bits per heavy atom. The van der Waals surface area contributed by atoms with Crippen LogP contribution in [0.4, 0.5) is 0 Å². The normalized spacial score (nSPS) is 11.1. The van der Waals surface area contributed by atoms with Gasteiger partial charge in [0.2, 0.25) is 0 Å². The number of fused-ring (bicyclic) bond motifs is 1. The average Bonchev–Trinajstić information content (AvgIpc) is 3.52. The summed E-state index contributed by atoms with van der Waals surface area (Å²) >= 11 is 0.00187. The van der Waals surface area contributed by atoms with Crippen LogP contribution in [0.15, 0.2) is 152 Å². The standard InChI is InChI=1S/C39H25N5Se/c1-4-13-26(14-5-1)29-20-12-23-40-37(29)35-31(27-15-6-2-7-16-27)25-41-38(36(35)32-22-24-42-44-43-32)39-34(28-17-8-3-9-18-28)30-19-10-11-21-33(30)45-39/h1-25H. The number of rotatable bonds is 6. The molecule has 0 saturated heterocycles. The summed E-state index contributed by atoms with van der Waals surface area (Å²) in [5.74, 6) is 0. The van der Waals surface area contributed by atoms with Gasteiger partial charge in [-0.15, -0.1) is 0 Å². The molecule has 0 saturated carbocycles. The molecule has 4 aromatic carbocycles. The van der Waals surface area contributed by atoms with E-state index in [1.54, 1.807) is 6.20 Å². The maximum atomic E-state index is 5.30. The molecule has 0 aliphatic rings. The van der Waals surface area contributed by atoms with E-state index in [0.717, 1.165) is 44.8 Å². The van der Waals surface area contributed by atoms with Crippen LogP contribution in [0.25, 0.3) is 75.7 Å². The zero-order valence-electron chi connectivity index (χ0n) is 24.1. The monoisotopic (exact) mass is 643 g/mol. The summed E-state index contributed by atoms with van der Waals surface area (Å²) < 4.78 is 2.55. The van der Waals surface area contributed by atoms with Crippen LogP contribution in [0.2, 0.25) is 0 Å². The molecule has 4 aromatic heterocycles. The second-order valence-electron chi connectivity index (χ2n) is 10.6. The van der Waals surface area contributed by atoms with Crippen molar-refractivity contribution in [2.75, 3.05) is 0 Å². The van der Waals surface area contributed by atoms with Crippen molar-refractivity contribution in [3.05, 3.63) is 152 Å². The van der Waals surface area contributed by atoms with E-state index in [1.165, 1.54) is 25.2 Å². The fraction of sp³-hybridized carbons (Fsp3) is 0. The Morgan fingerprint density at radius 3 is 1.84 bits per heavy atom. The van der Waals surface area contributed by atoms with Crippen LogP contribution >= 0.6 is 0 Å². The zero-order chi connectivity index (χ0) is 30.0. The predicted octanol–water partition coefficient (Wildman–Crippen LogP) is 8.87. The van der Waals surface area contributed by atoms with E-state index in [9.17, 15) is 0 Å². The maximum absolute atomic E-state index is 5.30. The molecular formula is C39H25N5Se. The molecule has 0 aliphatic heterocycles. The minimum absolute atomic E-state index is 0.00187. The van der Waals surface area contributed by atoms with Gasteiger partial charge in [-0.1, -0.05) is 0 Å². The molecule has 4 heterocycles. The molecule has 0 N–H and O–H groups in total. The van der Waals surface area contributed by atoms with E-state index < -0.39 is 0 Å². The zero-order valence-corrected chi connectivity index (χ0v) is 25.8. The summed E-state index contributed by atoms with van der Waals surface area (Å²) in [4.78, 5) is 10.4. The Labute approximate surface area is 266 Å². The van der Waals surface area contributed by atoms with E-state index in [-0.39, 0.29) is 14.5 Å². The number of nitrogens with zero attached hydrogens (tertiary/aromatic N) is 5. The summed E-state index contributed by atoms with van der Waals surface area (Å²) in [6, 6.07) is 46.2. The van der Waals surface area contributed by atoms with Gasteiger partial charge in [-0.3, -0.25) is 0 Å². The Kier molecular flexibility index (Phi) is 7.12. The first-order valence-electron chi connectivity index (χ1n) is 14.7. The van der Waals surface area contributed by atoms with Crippen LogP contribution in [-0.2, 0) is 0 Å². The Morgan fingerprint density at radius 1 is 0.467 bits per heavy atom. The van der Waals surface area contributed by atoms with Crippen LogP contribution in [0.1, 0.15) is 0 Å². The van der Waals surface area contributed by atoms with Crippen LogP contribution in [0.3, 0.4) is 0 Å². The van der Waals surface area contributed by atoms with Crippen LogP contribution in [0, 0.1) is 0 Å². The van der Waals surface area contributed by atoms with Gasteiger partial charge in [-0.2, -0.15) is 0 Å². The van der Waals surface area contributed by atoms with Gasteiger partial charge in [0.1, 0.15) is 0 Å².